The quantitative estimate of drug-likeness (QED) is 0.236. The number of carbonyl (C=O) groups is 1. The fourth-order valence-corrected chi connectivity index (χ4v) is 4.06. The molecule has 1 aliphatic heterocycles. The highest BCUT2D eigenvalue weighted by atomic mass is 16.5. The van der Waals surface area contributed by atoms with Crippen molar-refractivity contribution in [3.63, 3.8) is 0 Å². The summed E-state index contributed by atoms with van der Waals surface area (Å²) in [4.78, 5) is 12.6. The van der Waals surface area contributed by atoms with Crippen molar-refractivity contribution in [1.29, 1.82) is 5.26 Å². The van der Waals surface area contributed by atoms with E-state index in [9.17, 15) is 10.1 Å². The standard InChI is InChI=1S/C29H28N2O5/c1-3-4-5-15-34-22-8-6-7-20(16-22)27-24-14-13-23(17-26(24)36-28(31)25(27)18-30)35-29(32)19-9-11-21(33-2)12-10-19/h6-14,16-17,27H,3-5,15,31H2,1-2H3. The van der Waals surface area contributed by atoms with Crippen molar-refractivity contribution in [2.75, 3.05) is 13.7 Å². The van der Waals surface area contributed by atoms with Crippen LogP contribution in [0.15, 0.2) is 78.2 Å². The SMILES string of the molecule is CCCCCOc1cccc(C2C(C#N)=C(N)Oc3cc(OC(=O)c4ccc(OC)cc4)ccc32)c1. The average molecular weight is 485 g/mol. The van der Waals surface area contributed by atoms with Gasteiger partial charge in [-0.2, -0.15) is 5.26 Å². The van der Waals surface area contributed by atoms with Gasteiger partial charge in [-0.05, 0) is 54.4 Å². The first-order valence-corrected chi connectivity index (χ1v) is 11.8. The third kappa shape index (κ3) is 5.44. The summed E-state index contributed by atoms with van der Waals surface area (Å²) in [5, 5.41) is 9.85. The number of hydrogen-bond donors (Lipinski definition) is 1. The van der Waals surface area contributed by atoms with E-state index in [4.69, 9.17) is 24.7 Å². The van der Waals surface area contributed by atoms with Gasteiger partial charge in [-0.1, -0.05) is 38.0 Å². The molecule has 184 valence electrons. The van der Waals surface area contributed by atoms with Crippen LogP contribution in [0.2, 0.25) is 0 Å². The van der Waals surface area contributed by atoms with Crippen LogP contribution in [-0.4, -0.2) is 19.7 Å². The smallest absolute Gasteiger partial charge is 0.343 e. The molecule has 4 rings (SSSR count). The molecule has 0 amide bonds. The van der Waals surface area contributed by atoms with Crippen LogP contribution in [0.25, 0.3) is 0 Å². The molecule has 7 heteroatoms. The number of allylic oxidation sites excluding steroid dienone is 1. The lowest BCUT2D eigenvalue weighted by atomic mass is 9.83. The normalized spacial score (nSPS) is 14.3. The summed E-state index contributed by atoms with van der Waals surface area (Å²) in [5.41, 5.74) is 8.43. The van der Waals surface area contributed by atoms with E-state index in [-0.39, 0.29) is 5.88 Å². The molecule has 7 nitrogen and oxygen atoms in total. The molecule has 1 unspecified atom stereocenters. The Labute approximate surface area is 210 Å². The second kappa shape index (κ2) is 11.3. The lowest BCUT2D eigenvalue weighted by Crippen LogP contribution is -2.21. The van der Waals surface area contributed by atoms with E-state index < -0.39 is 11.9 Å². The predicted octanol–water partition coefficient (Wildman–Crippen LogP) is 5.70. The van der Waals surface area contributed by atoms with Gasteiger partial charge in [0.25, 0.3) is 0 Å². The van der Waals surface area contributed by atoms with Crippen molar-refractivity contribution < 1.29 is 23.7 Å². The number of nitrogens with two attached hydrogens (primary N) is 1. The molecular weight excluding hydrogens is 456 g/mol. The van der Waals surface area contributed by atoms with Crippen molar-refractivity contribution in [3.8, 4) is 29.1 Å². The minimum absolute atomic E-state index is 0.0166. The fourth-order valence-electron chi connectivity index (χ4n) is 4.06. The van der Waals surface area contributed by atoms with Gasteiger partial charge in [0.1, 0.15) is 34.6 Å². The Kier molecular flexibility index (Phi) is 7.76. The summed E-state index contributed by atoms with van der Waals surface area (Å²) in [5.74, 6) is 1.16. The highest BCUT2D eigenvalue weighted by molar-refractivity contribution is 5.91. The minimum atomic E-state index is -0.515. The lowest BCUT2D eigenvalue weighted by Gasteiger charge is -2.27. The molecule has 3 aromatic carbocycles. The van der Waals surface area contributed by atoms with Crippen LogP contribution in [0.5, 0.6) is 23.0 Å². The summed E-state index contributed by atoms with van der Waals surface area (Å²) in [7, 11) is 1.56. The number of nitrogens with zero attached hydrogens (tertiary/aromatic N) is 1. The van der Waals surface area contributed by atoms with Crippen LogP contribution >= 0.6 is 0 Å². The summed E-state index contributed by atoms with van der Waals surface area (Å²) < 4.78 is 22.4. The summed E-state index contributed by atoms with van der Waals surface area (Å²) >= 11 is 0. The first-order chi connectivity index (χ1) is 17.5. The first-order valence-electron chi connectivity index (χ1n) is 11.8. The summed E-state index contributed by atoms with van der Waals surface area (Å²) in [6, 6.07) is 21.6. The number of ether oxygens (including phenoxy) is 4. The molecule has 0 fully saturated rings. The number of methoxy groups -OCH3 is 1. The number of esters is 1. The van der Waals surface area contributed by atoms with E-state index in [2.05, 4.69) is 13.0 Å². The number of nitriles is 1. The Morgan fingerprint density at radius 3 is 2.53 bits per heavy atom. The Hall–Kier alpha value is -4.44. The van der Waals surface area contributed by atoms with E-state index in [1.807, 2.05) is 24.3 Å². The molecule has 1 atom stereocenters. The van der Waals surface area contributed by atoms with Gasteiger partial charge in [0.05, 0.1) is 25.2 Å². The van der Waals surface area contributed by atoms with E-state index in [0.29, 0.717) is 35.0 Å². The van der Waals surface area contributed by atoms with Crippen molar-refractivity contribution in [1.82, 2.24) is 0 Å². The molecule has 0 saturated heterocycles. The number of hydrogen-bond acceptors (Lipinski definition) is 7. The number of fused-ring (bicyclic) bond motifs is 1. The summed E-state index contributed by atoms with van der Waals surface area (Å²) in [6.45, 7) is 2.78. The molecule has 2 N–H and O–H groups in total. The van der Waals surface area contributed by atoms with E-state index >= 15 is 0 Å². The van der Waals surface area contributed by atoms with Crippen LogP contribution in [0.4, 0.5) is 0 Å². The largest absolute Gasteiger partial charge is 0.497 e. The monoisotopic (exact) mass is 484 g/mol. The Bertz CT molecular complexity index is 1310. The van der Waals surface area contributed by atoms with Gasteiger partial charge in [-0.3, -0.25) is 0 Å². The topological polar surface area (TPSA) is 104 Å². The zero-order valence-electron chi connectivity index (χ0n) is 20.3. The zero-order valence-corrected chi connectivity index (χ0v) is 20.3. The van der Waals surface area contributed by atoms with E-state index in [1.165, 1.54) is 0 Å². The second-order valence-electron chi connectivity index (χ2n) is 8.37. The molecule has 0 radical (unpaired) electrons. The highest BCUT2D eigenvalue weighted by Gasteiger charge is 2.31. The Balaban J connectivity index is 1.59. The Morgan fingerprint density at radius 2 is 1.81 bits per heavy atom. The molecule has 36 heavy (non-hydrogen) atoms. The zero-order chi connectivity index (χ0) is 25.5. The molecule has 1 aliphatic rings. The molecule has 0 aliphatic carbocycles. The third-order valence-electron chi connectivity index (χ3n) is 5.93. The number of benzene rings is 3. The summed E-state index contributed by atoms with van der Waals surface area (Å²) in [6.07, 6.45) is 3.21. The molecule has 1 heterocycles. The van der Waals surface area contributed by atoms with Crippen LogP contribution in [0.3, 0.4) is 0 Å². The van der Waals surface area contributed by atoms with Crippen molar-refractivity contribution in [3.05, 3.63) is 94.9 Å². The van der Waals surface area contributed by atoms with Gasteiger partial charge in [0.15, 0.2) is 0 Å². The molecule has 3 aromatic rings. The maximum absolute atomic E-state index is 12.6. The number of unbranched alkanes of at least 4 members (excludes halogenated alkanes) is 2. The van der Waals surface area contributed by atoms with Crippen molar-refractivity contribution >= 4 is 5.97 Å². The average Bonchev–Trinajstić information content (AvgIpc) is 2.90. The van der Waals surface area contributed by atoms with Gasteiger partial charge in [0, 0.05) is 11.6 Å². The minimum Gasteiger partial charge on any atom is -0.497 e. The van der Waals surface area contributed by atoms with E-state index in [1.54, 1.807) is 49.6 Å². The molecule has 0 bridgehead atoms. The van der Waals surface area contributed by atoms with Crippen molar-refractivity contribution in [2.45, 2.75) is 32.1 Å². The second-order valence-corrected chi connectivity index (χ2v) is 8.37. The molecular formula is C29H28N2O5. The van der Waals surface area contributed by atoms with Crippen LogP contribution in [0.1, 0.15) is 53.6 Å². The van der Waals surface area contributed by atoms with Gasteiger partial charge < -0.3 is 24.7 Å². The third-order valence-corrected chi connectivity index (χ3v) is 5.93. The van der Waals surface area contributed by atoms with Crippen LogP contribution in [0, 0.1) is 11.3 Å². The van der Waals surface area contributed by atoms with Gasteiger partial charge in [-0.15, -0.1) is 0 Å². The first kappa shape index (κ1) is 24.7. The van der Waals surface area contributed by atoms with Gasteiger partial charge >= 0.3 is 5.97 Å². The molecule has 0 spiro atoms. The number of carbonyl (C=O) groups excluding carboxylic acids is 1. The maximum Gasteiger partial charge on any atom is 0.343 e. The predicted molar refractivity (Wildman–Crippen MR) is 135 cm³/mol. The lowest BCUT2D eigenvalue weighted by molar-refractivity contribution is 0.0734. The van der Waals surface area contributed by atoms with Gasteiger partial charge in [0.2, 0.25) is 5.88 Å². The fraction of sp³-hybridized carbons (Fsp3) is 0.241. The molecule has 0 saturated carbocycles. The van der Waals surface area contributed by atoms with Gasteiger partial charge in [-0.25, -0.2) is 4.79 Å². The van der Waals surface area contributed by atoms with Crippen LogP contribution in [-0.2, 0) is 0 Å². The van der Waals surface area contributed by atoms with Crippen LogP contribution < -0.4 is 24.7 Å². The van der Waals surface area contributed by atoms with Crippen molar-refractivity contribution in [2.24, 2.45) is 5.73 Å². The Morgan fingerprint density at radius 1 is 1.03 bits per heavy atom. The maximum atomic E-state index is 12.6. The number of rotatable bonds is 9. The van der Waals surface area contributed by atoms with E-state index in [0.717, 1.165) is 36.1 Å². The molecule has 0 aromatic heterocycles. The highest BCUT2D eigenvalue weighted by Crippen LogP contribution is 2.44.